The number of hydrogen-bond acceptors (Lipinski definition) is 5. The van der Waals surface area contributed by atoms with E-state index in [0.29, 0.717) is 30.3 Å². The molecule has 2 heterocycles. The third kappa shape index (κ3) is 4.75. The number of benzene rings is 1. The molecule has 1 aromatic carbocycles. The van der Waals surface area contributed by atoms with Crippen LogP contribution in [0.3, 0.4) is 0 Å². The molecule has 1 aliphatic rings. The molecule has 8 nitrogen and oxygen atoms in total. The van der Waals surface area contributed by atoms with Crippen LogP contribution in [0, 0.1) is 0 Å². The van der Waals surface area contributed by atoms with E-state index >= 15 is 0 Å². The lowest BCUT2D eigenvalue weighted by Gasteiger charge is -2.34. The standard InChI is InChI=1S/C20H29N5O3/c1-4-19-21-7-8-24(19)12-9-23-10-13-25(14-11-23)20(26)22-17-6-5-16(27-2)15-18(17)28-3/h5-8,15H,4,9-14H2,1-3H3,(H,22,26). The number of imidazole rings is 1. The first-order valence-corrected chi connectivity index (χ1v) is 9.65. The van der Waals surface area contributed by atoms with Crippen molar-refractivity contribution in [3.8, 4) is 11.5 Å². The molecule has 2 aromatic rings. The van der Waals surface area contributed by atoms with E-state index in [1.54, 1.807) is 32.4 Å². The highest BCUT2D eigenvalue weighted by Gasteiger charge is 2.22. The number of amides is 2. The summed E-state index contributed by atoms with van der Waals surface area (Å²) in [4.78, 5) is 21.2. The van der Waals surface area contributed by atoms with E-state index in [1.807, 2.05) is 17.3 Å². The first-order chi connectivity index (χ1) is 13.6. The third-order valence-electron chi connectivity index (χ3n) is 5.08. The summed E-state index contributed by atoms with van der Waals surface area (Å²) in [6.45, 7) is 7.15. The fourth-order valence-electron chi connectivity index (χ4n) is 3.38. The van der Waals surface area contributed by atoms with E-state index in [0.717, 1.165) is 38.4 Å². The molecule has 1 saturated heterocycles. The minimum atomic E-state index is -0.106. The summed E-state index contributed by atoms with van der Waals surface area (Å²) in [5.74, 6) is 2.39. The molecule has 3 rings (SSSR count). The molecule has 0 spiro atoms. The summed E-state index contributed by atoms with van der Waals surface area (Å²) in [6.07, 6.45) is 4.83. The van der Waals surface area contributed by atoms with E-state index in [2.05, 4.69) is 26.7 Å². The van der Waals surface area contributed by atoms with Gasteiger partial charge >= 0.3 is 6.03 Å². The predicted octanol–water partition coefficient (Wildman–Crippen LogP) is 2.31. The second-order valence-electron chi connectivity index (χ2n) is 6.72. The summed E-state index contributed by atoms with van der Waals surface area (Å²) in [5, 5.41) is 2.94. The van der Waals surface area contributed by atoms with Crippen LogP contribution in [0.4, 0.5) is 10.5 Å². The molecular formula is C20H29N5O3. The number of carbonyl (C=O) groups is 1. The van der Waals surface area contributed by atoms with Crippen molar-refractivity contribution >= 4 is 11.7 Å². The van der Waals surface area contributed by atoms with Crippen LogP contribution in [-0.2, 0) is 13.0 Å². The molecular weight excluding hydrogens is 358 g/mol. The first kappa shape index (κ1) is 20.0. The van der Waals surface area contributed by atoms with E-state index in [-0.39, 0.29) is 6.03 Å². The molecule has 1 fully saturated rings. The summed E-state index contributed by atoms with van der Waals surface area (Å²) in [6, 6.07) is 5.25. The minimum Gasteiger partial charge on any atom is -0.497 e. The van der Waals surface area contributed by atoms with Gasteiger partial charge in [-0.25, -0.2) is 9.78 Å². The van der Waals surface area contributed by atoms with Gasteiger partial charge in [0.25, 0.3) is 0 Å². The summed E-state index contributed by atoms with van der Waals surface area (Å²) >= 11 is 0. The molecule has 2 amide bonds. The van der Waals surface area contributed by atoms with Crippen molar-refractivity contribution in [1.29, 1.82) is 0 Å². The van der Waals surface area contributed by atoms with Gasteiger partial charge in [-0.05, 0) is 12.1 Å². The Bertz CT molecular complexity index is 784. The average molecular weight is 387 g/mol. The molecule has 0 saturated carbocycles. The van der Waals surface area contributed by atoms with Crippen LogP contribution in [-0.4, -0.2) is 72.3 Å². The summed E-state index contributed by atoms with van der Waals surface area (Å²) < 4.78 is 12.7. The minimum absolute atomic E-state index is 0.106. The summed E-state index contributed by atoms with van der Waals surface area (Å²) in [7, 11) is 3.18. The van der Waals surface area contributed by atoms with Gasteiger partial charge < -0.3 is 24.3 Å². The first-order valence-electron chi connectivity index (χ1n) is 9.65. The molecule has 0 aliphatic carbocycles. The Morgan fingerprint density at radius 2 is 1.93 bits per heavy atom. The van der Waals surface area contributed by atoms with Crippen LogP contribution in [0.25, 0.3) is 0 Å². The number of anilines is 1. The van der Waals surface area contributed by atoms with E-state index in [9.17, 15) is 4.79 Å². The van der Waals surface area contributed by atoms with Crippen molar-refractivity contribution in [3.63, 3.8) is 0 Å². The average Bonchev–Trinajstić information content (AvgIpc) is 3.20. The number of hydrogen-bond donors (Lipinski definition) is 1. The quantitative estimate of drug-likeness (QED) is 0.789. The lowest BCUT2D eigenvalue weighted by molar-refractivity contribution is 0.144. The maximum Gasteiger partial charge on any atom is 0.322 e. The second-order valence-corrected chi connectivity index (χ2v) is 6.72. The molecule has 1 aliphatic heterocycles. The molecule has 1 N–H and O–H groups in total. The maximum atomic E-state index is 12.6. The smallest absolute Gasteiger partial charge is 0.322 e. The van der Waals surface area contributed by atoms with Crippen molar-refractivity contribution in [2.75, 3.05) is 52.3 Å². The van der Waals surface area contributed by atoms with Gasteiger partial charge in [-0.2, -0.15) is 0 Å². The highest BCUT2D eigenvalue weighted by atomic mass is 16.5. The number of rotatable bonds is 7. The van der Waals surface area contributed by atoms with Crippen LogP contribution in [0.2, 0.25) is 0 Å². The molecule has 152 valence electrons. The van der Waals surface area contributed by atoms with Crippen molar-refractivity contribution < 1.29 is 14.3 Å². The lowest BCUT2D eigenvalue weighted by Crippen LogP contribution is -2.50. The number of carbonyl (C=O) groups excluding carboxylic acids is 1. The Balaban J connectivity index is 1.48. The summed E-state index contributed by atoms with van der Waals surface area (Å²) in [5.41, 5.74) is 0.642. The molecule has 0 unspecified atom stereocenters. The monoisotopic (exact) mass is 387 g/mol. The van der Waals surface area contributed by atoms with Gasteiger partial charge in [-0.3, -0.25) is 4.90 Å². The van der Waals surface area contributed by atoms with E-state index in [1.165, 1.54) is 0 Å². The Kier molecular flexibility index (Phi) is 6.76. The van der Waals surface area contributed by atoms with Gasteiger partial charge in [-0.15, -0.1) is 0 Å². The Morgan fingerprint density at radius 3 is 2.61 bits per heavy atom. The SMILES string of the molecule is CCc1nccn1CCN1CCN(C(=O)Nc2ccc(OC)cc2OC)CC1. The number of urea groups is 1. The Hall–Kier alpha value is -2.74. The molecule has 28 heavy (non-hydrogen) atoms. The van der Waals surface area contributed by atoms with Crippen LogP contribution < -0.4 is 14.8 Å². The topological polar surface area (TPSA) is 71.9 Å². The van der Waals surface area contributed by atoms with Crippen molar-refractivity contribution in [3.05, 3.63) is 36.4 Å². The fourth-order valence-corrected chi connectivity index (χ4v) is 3.38. The number of methoxy groups -OCH3 is 2. The number of ether oxygens (including phenoxy) is 2. The Morgan fingerprint density at radius 1 is 1.14 bits per heavy atom. The zero-order valence-electron chi connectivity index (χ0n) is 16.9. The number of nitrogens with zero attached hydrogens (tertiary/aromatic N) is 4. The lowest BCUT2D eigenvalue weighted by atomic mass is 10.2. The van der Waals surface area contributed by atoms with Crippen LogP contribution in [0.1, 0.15) is 12.7 Å². The molecule has 0 radical (unpaired) electrons. The maximum absolute atomic E-state index is 12.6. The van der Waals surface area contributed by atoms with Gasteiger partial charge in [0.2, 0.25) is 0 Å². The number of piperazine rings is 1. The fraction of sp³-hybridized carbons (Fsp3) is 0.500. The van der Waals surface area contributed by atoms with E-state index in [4.69, 9.17) is 9.47 Å². The molecule has 1 aromatic heterocycles. The highest BCUT2D eigenvalue weighted by molar-refractivity contribution is 5.91. The largest absolute Gasteiger partial charge is 0.497 e. The van der Waals surface area contributed by atoms with E-state index < -0.39 is 0 Å². The van der Waals surface area contributed by atoms with Crippen molar-refractivity contribution in [1.82, 2.24) is 19.4 Å². The molecule has 8 heteroatoms. The molecule has 0 atom stereocenters. The van der Waals surface area contributed by atoms with Crippen molar-refractivity contribution in [2.45, 2.75) is 19.9 Å². The normalized spacial score (nSPS) is 14.8. The second kappa shape index (κ2) is 9.45. The zero-order chi connectivity index (χ0) is 19.9. The number of aromatic nitrogens is 2. The van der Waals surface area contributed by atoms with Gasteiger partial charge in [0.05, 0.1) is 19.9 Å². The van der Waals surface area contributed by atoms with Gasteiger partial charge in [-0.1, -0.05) is 6.92 Å². The van der Waals surface area contributed by atoms with Crippen LogP contribution >= 0.6 is 0 Å². The van der Waals surface area contributed by atoms with Gasteiger partial charge in [0.15, 0.2) is 0 Å². The van der Waals surface area contributed by atoms with Crippen LogP contribution in [0.15, 0.2) is 30.6 Å². The predicted molar refractivity (Wildman–Crippen MR) is 108 cm³/mol. The highest BCUT2D eigenvalue weighted by Crippen LogP contribution is 2.29. The van der Waals surface area contributed by atoms with Gasteiger partial charge in [0, 0.05) is 64.1 Å². The van der Waals surface area contributed by atoms with Crippen molar-refractivity contribution in [2.24, 2.45) is 0 Å². The van der Waals surface area contributed by atoms with Crippen LogP contribution in [0.5, 0.6) is 11.5 Å². The number of aryl methyl sites for hydroxylation is 1. The van der Waals surface area contributed by atoms with Gasteiger partial charge in [0.1, 0.15) is 17.3 Å². The number of nitrogens with one attached hydrogen (secondary N) is 1. The third-order valence-corrected chi connectivity index (χ3v) is 5.08. The molecule has 0 bridgehead atoms. The zero-order valence-corrected chi connectivity index (χ0v) is 16.9. The Labute approximate surface area is 166 Å².